The number of unbranched alkanes of at least 4 members (excludes halogenated alkanes) is 1. The zero-order chi connectivity index (χ0) is 31.8. The number of likely N-dealkylation sites (tertiary alicyclic amines) is 1. The zero-order valence-electron chi connectivity index (χ0n) is 27.1. The molecule has 12 heteroatoms. The molecule has 3 aliphatic rings. The van der Waals surface area contributed by atoms with Crippen LogP contribution in [0.1, 0.15) is 85.6 Å². The third kappa shape index (κ3) is 6.27. The molecule has 0 bridgehead atoms. The lowest BCUT2D eigenvalue weighted by Crippen LogP contribution is -2.38. The fourth-order valence-electron chi connectivity index (χ4n) is 7.32. The molecule has 5 heterocycles. The SMILES string of the molecule is CCCCc1c(-c2nc(O[C@@H](C)[C@@H]3C[C@@H](F)CN3C)cc(N3CC[C@H](N(C)C)C3)n2)noc1[C@H]1CCCc2sc(N)c(C#N)c21. The maximum absolute atomic E-state index is 14.2. The molecule has 0 unspecified atom stereocenters. The van der Waals surface area contributed by atoms with E-state index in [-0.39, 0.29) is 18.1 Å². The average molecular weight is 637 g/mol. The molecule has 3 aromatic heterocycles. The Labute approximate surface area is 269 Å². The van der Waals surface area contributed by atoms with E-state index in [4.69, 9.17) is 25.0 Å². The van der Waals surface area contributed by atoms with Crippen LogP contribution in [0.15, 0.2) is 10.6 Å². The highest BCUT2D eigenvalue weighted by Gasteiger charge is 2.37. The van der Waals surface area contributed by atoms with Crippen LogP contribution in [0.5, 0.6) is 5.88 Å². The van der Waals surface area contributed by atoms with Gasteiger partial charge in [-0.1, -0.05) is 18.5 Å². The molecule has 45 heavy (non-hydrogen) atoms. The number of nitrogen functional groups attached to an aromatic ring is 1. The Bertz CT molecular complexity index is 1550. The first-order valence-electron chi connectivity index (χ1n) is 16.3. The van der Waals surface area contributed by atoms with Gasteiger partial charge in [0.25, 0.3) is 0 Å². The minimum atomic E-state index is -0.856. The third-order valence-electron chi connectivity index (χ3n) is 9.84. The summed E-state index contributed by atoms with van der Waals surface area (Å²) < 4.78 is 26.9. The first-order chi connectivity index (χ1) is 21.7. The number of alkyl halides is 1. The highest BCUT2D eigenvalue weighted by Crippen LogP contribution is 2.47. The van der Waals surface area contributed by atoms with Gasteiger partial charge in [0, 0.05) is 54.1 Å². The molecule has 2 N–H and O–H groups in total. The summed E-state index contributed by atoms with van der Waals surface area (Å²) in [6.07, 6.45) is 5.84. The molecule has 2 aliphatic heterocycles. The van der Waals surface area contributed by atoms with Crippen molar-refractivity contribution in [3.05, 3.63) is 33.4 Å². The van der Waals surface area contributed by atoms with Crippen LogP contribution >= 0.6 is 11.3 Å². The van der Waals surface area contributed by atoms with Crippen LogP contribution in [0.3, 0.4) is 0 Å². The van der Waals surface area contributed by atoms with Gasteiger partial charge in [-0.3, -0.25) is 4.90 Å². The molecule has 242 valence electrons. The fraction of sp³-hybridized carbons (Fsp3) is 0.636. The Balaban J connectivity index is 1.41. The predicted molar refractivity (Wildman–Crippen MR) is 175 cm³/mol. The zero-order valence-corrected chi connectivity index (χ0v) is 27.9. The number of hydrogen-bond donors (Lipinski definition) is 1. The van der Waals surface area contributed by atoms with Gasteiger partial charge in [0.15, 0.2) is 11.5 Å². The molecule has 0 spiro atoms. The Morgan fingerprint density at radius 1 is 1.29 bits per heavy atom. The number of hydrogen-bond acceptors (Lipinski definition) is 11. The van der Waals surface area contributed by atoms with Crippen LogP contribution in [0.4, 0.5) is 15.2 Å². The van der Waals surface area contributed by atoms with E-state index in [0.717, 1.165) is 80.7 Å². The van der Waals surface area contributed by atoms with Gasteiger partial charge >= 0.3 is 0 Å². The Hall–Kier alpha value is -3.27. The average Bonchev–Trinajstić information content (AvgIpc) is 3.80. The number of anilines is 2. The number of ether oxygens (including phenoxy) is 1. The number of nitrogens with zero attached hydrogens (tertiary/aromatic N) is 7. The summed E-state index contributed by atoms with van der Waals surface area (Å²) >= 11 is 1.52. The molecule has 6 rings (SSSR count). The van der Waals surface area contributed by atoms with Gasteiger partial charge in [-0.15, -0.1) is 11.3 Å². The summed E-state index contributed by atoms with van der Waals surface area (Å²) in [4.78, 5) is 17.7. The summed E-state index contributed by atoms with van der Waals surface area (Å²) in [5, 5.41) is 15.2. The molecule has 3 aromatic rings. The number of likely N-dealkylation sites (N-methyl/N-ethyl adjacent to an activating group) is 2. The first kappa shape index (κ1) is 31.7. The van der Waals surface area contributed by atoms with E-state index in [0.29, 0.717) is 47.0 Å². The second-order valence-corrected chi connectivity index (χ2v) is 14.3. The molecule has 0 saturated carbocycles. The number of fused-ring (bicyclic) bond motifs is 1. The number of rotatable bonds is 10. The lowest BCUT2D eigenvalue weighted by molar-refractivity contribution is 0.117. The highest BCUT2D eigenvalue weighted by molar-refractivity contribution is 7.16. The van der Waals surface area contributed by atoms with Gasteiger partial charge in [0.1, 0.15) is 34.9 Å². The summed E-state index contributed by atoms with van der Waals surface area (Å²) in [6.45, 7) is 6.28. The van der Waals surface area contributed by atoms with Gasteiger partial charge in [-0.25, -0.2) is 9.37 Å². The highest BCUT2D eigenvalue weighted by atomic mass is 32.1. The largest absolute Gasteiger partial charge is 0.473 e. The number of halogens is 1. The van der Waals surface area contributed by atoms with Crippen LogP contribution in [0.25, 0.3) is 11.5 Å². The molecule has 5 atom stereocenters. The Morgan fingerprint density at radius 2 is 2.11 bits per heavy atom. The molecule has 2 fully saturated rings. The van der Waals surface area contributed by atoms with Crippen molar-refractivity contribution >= 4 is 22.2 Å². The van der Waals surface area contributed by atoms with Crippen molar-refractivity contribution in [2.45, 2.75) is 95.5 Å². The summed E-state index contributed by atoms with van der Waals surface area (Å²) in [6, 6.07) is 4.65. The topological polar surface area (TPSA) is 121 Å². The molecular weight excluding hydrogens is 591 g/mol. The lowest BCUT2D eigenvalue weighted by Gasteiger charge is -2.27. The third-order valence-corrected chi connectivity index (χ3v) is 10.9. The molecule has 0 amide bonds. The quantitative estimate of drug-likeness (QED) is 0.309. The van der Waals surface area contributed by atoms with Crippen molar-refractivity contribution in [3.8, 4) is 23.5 Å². The number of nitrogens with two attached hydrogens (primary N) is 1. The van der Waals surface area contributed by atoms with Gasteiger partial charge in [0.2, 0.25) is 5.88 Å². The van der Waals surface area contributed by atoms with Crippen LogP contribution in [-0.4, -0.2) is 90.1 Å². The molecule has 0 radical (unpaired) electrons. The van der Waals surface area contributed by atoms with Crippen LogP contribution < -0.4 is 15.4 Å². The Kier molecular flexibility index (Phi) is 9.32. The van der Waals surface area contributed by atoms with E-state index in [1.54, 1.807) is 0 Å². The van der Waals surface area contributed by atoms with E-state index in [9.17, 15) is 9.65 Å². The smallest absolute Gasteiger partial charge is 0.219 e. The van der Waals surface area contributed by atoms with E-state index in [2.05, 4.69) is 42.0 Å². The standard InChI is InChI=1S/C33H45FN8O2S/c1-6-7-9-23-30(39-44-31(23)22-10-8-11-26-29(22)24(16-35)32(36)45-26)33-37-27(42-13-12-21(18-42)40(3)4)15-28(38-33)43-19(2)25-14-20(34)17-41(25)5/h15,19-22,25H,6-14,17-18,36H2,1-5H3/t19-,20+,21-,22-,25-/m0/s1. The van der Waals surface area contributed by atoms with Gasteiger partial charge in [-0.05, 0) is 78.6 Å². The summed E-state index contributed by atoms with van der Waals surface area (Å²) in [7, 11) is 6.16. The van der Waals surface area contributed by atoms with Crippen molar-refractivity contribution < 1.29 is 13.7 Å². The number of thiophene rings is 1. The fourth-order valence-corrected chi connectivity index (χ4v) is 8.44. The molecule has 10 nitrogen and oxygen atoms in total. The summed E-state index contributed by atoms with van der Waals surface area (Å²) in [5.41, 5.74) is 9.47. The van der Waals surface area contributed by atoms with Crippen molar-refractivity contribution in [1.82, 2.24) is 24.9 Å². The van der Waals surface area contributed by atoms with Crippen molar-refractivity contribution in [2.24, 2.45) is 0 Å². The van der Waals surface area contributed by atoms with Gasteiger partial charge in [-0.2, -0.15) is 10.2 Å². The van der Waals surface area contributed by atoms with E-state index in [1.807, 2.05) is 24.9 Å². The van der Waals surface area contributed by atoms with Gasteiger partial charge < -0.3 is 24.8 Å². The number of nitriles is 1. The van der Waals surface area contributed by atoms with E-state index < -0.39 is 6.17 Å². The minimum Gasteiger partial charge on any atom is -0.473 e. The molecule has 1 aliphatic carbocycles. The van der Waals surface area contributed by atoms with Crippen molar-refractivity contribution in [3.63, 3.8) is 0 Å². The number of aromatic nitrogens is 3. The normalized spacial score (nSPS) is 24.3. The number of aryl methyl sites for hydroxylation is 1. The maximum atomic E-state index is 14.2. The van der Waals surface area contributed by atoms with Crippen molar-refractivity contribution in [1.29, 1.82) is 5.26 Å². The summed E-state index contributed by atoms with van der Waals surface area (Å²) in [5.74, 6) is 2.41. The van der Waals surface area contributed by atoms with Crippen LogP contribution in [0, 0.1) is 11.3 Å². The first-order valence-corrected chi connectivity index (χ1v) is 17.1. The van der Waals surface area contributed by atoms with Gasteiger partial charge in [0.05, 0.1) is 5.56 Å². The Morgan fingerprint density at radius 3 is 2.80 bits per heavy atom. The second kappa shape index (κ2) is 13.2. The van der Waals surface area contributed by atoms with Crippen molar-refractivity contribution in [2.75, 3.05) is 51.4 Å². The predicted octanol–water partition coefficient (Wildman–Crippen LogP) is 5.41. The lowest BCUT2D eigenvalue weighted by atomic mass is 9.81. The van der Waals surface area contributed by atoms with E-state index in [1.165, 1.54) is 16.2 Å². The molecular formula is C33H45FN8O2S. The molecule has 2 saturated heterocycles. The van der Waals surface area contributed by atoms with E-state index >= 15 is 0 Å². The second-order valence-electron chi connectivity index (χ2n) is 13.1. The van der Waals surface area contributed by atoms with Crippen LogP contribution in [0.2, 0.25) is 0 Å². The maximum Gasteiger partial charge on any atom is 0.219 e. The molecule has 0 aromatic carbocycles. The minimum absolute atomic E-state index is 0.0431. The monoisotopic (exact) mass is 636 g/mol. The van der Waals surface area contributed by atoms with Crippen LogP contribution in [-0.2, 0) is 12.8 Å².